The van der Waals surface area contributed by atoms with Gasteiger partial charge in [-0.15, -0.1) is 0 Å². The van der Waals surface area contributed by atoms with Gasteiger partial charge in [0.2, 0.25) is 29.5 Å². The first-order valence-electron chi connectivity index (χ1n) is 15.3. The van der Waals surface area contributed by atoms with Gasteiger partial charge in [0.25, 0.3) is 0 Å². The first-order chi connectivity index (χ1) is 22.8. The van der Waals surface area contributed by atoms with Crippen LogP contribution in [0.2, 0.25) is 0 Å². The van der Waals surface area contributed by atoms with Crippen molar-refractivity contribution < 1.29 is 43.8 Å². The van der Waals surface area contributed by atoms with Crippen LogP contribution in [-0.2, 0) is 46.4 Å². The molecule has 0 aliphatic heterocycles. The molecule has 0 saturated heterocycles. The van der Waals surface area contributed by atoms with Crippen molar-refractivity contribution in [3.8, 4) is 0 Å². The molecule has 2 aromatic carbocycles. The van der Waals surface area contributed by atoms with E-state index in [9.17, 15) is 38.7 Å². The molecule has 0 heterocycles. The van der Waals surface area contributed by atoms with Crippen molar-refractivity contribution in [1.29, 1.82) is 0 Å². The van der Waals surface area contributed by atoms with E-state index in [1.165, 1.54) is 0 Å². The maximum Gasteiger partial charge on any atom is 0.326 e. The van der Waals surface area contributed by atoms with Crippen LogP contribution in [0.5, 0.6) is 0 Å². The largest absolute Gasteiger partial charge is 0.481 e. The SMILES string of the molecule is NCCCC[C@H](NC(=O)[C@H](CC(N)=O)NC(=O)[C@H](Cc1ccccc1)NC(=O)[C@@H](N)CC(=O)O)C(=O)N[C@@H](Cc1ccccc1)C(=O)O. The van der Waals surface area contributed by atoms with Crippen molar-refractivity contribution in [2.45, 2.75) is 75.2 Å². The first-order valence-corrected chi connectivity index (χ1v) is 15.3. The van der Waals surface area contributed by atoms with Crippen molar-refractivity contribution >= 4 is 41.5 Å². The van der Waals surface area contributed by atoms with Gasteiger partial charge in [0.1, 0.15) is 24.2 Å². The van der Waals surface area contributed by atoms with Gasteiger partial charge >= 0.3 is 11.9 Å². The summed E-state index contributed by atoms with van der Waals surface area (Å²) in [4.78, 5) is 87.9. The van der Waals surface area contributed by atoms with Gasteiger partial charge in [0, 0.05) is 12.8 Å². The fourth-order valence-electron chi connectivity index (χ4n) is 4.66. The van der Waals surface area contributed by atoms with Crippen LogP contribution >= 0.6 is 0 Å². The zero-order valence-electron chi connectivity index (χ0n) is 26.3. The van der Waals surface area contributed by atoms with Crippen LogP contribution in [0.1, 0.15) is 43.2 Å². The molecule has 5 atom stereocenters. The van der Waals surface area contributed by atoms with Crippen LogP contribution in [0.4, 0.5) is 0 Å². The lowest BCUT2D eigenvalue weighted by Crippen LogP contribution is -2.59. The van der Waals surface area contributed by atoms with E-state index < -0.39 is 84.5 Å². The molecule has 0 saturated carbocycles. The molecule has 0 fully saturated rings. The van der Waals surface area contributed by atoms with Crippen molar-refractivity contribution in [3.05, 3.63) is 71.8 Å². The zero-order valence-corrected chi connectivity index (χ0v) is 26.3. The Kier molecular flexibility index (Phi) is 16.2. The normalized spacial score (nSPS) is 13.9. The smallest absolute Gasteiger partial charge is 0.326 e. The average Bonchev–Trinajstić information content (AvgIpc) is 3.03. The third-order valence-electron chi connectivity index (χ3n) is 7.16. The van der Waals surface area contributed by atoms with Crippen LogP contribution < -0.4 is 38.5 Å². The predicted molar refractivity (Wildman–Crippen MR) is 173 cm³/mol. The van der Waals surface area contributed by atoms with Crippen LogP contribution in [-0.4, -0.2) is 88.4 Å². The Labute approximate surface area is 277 Å². The number of carboxylic acids is 2. The molecule has 2 rings (SSSR count). The summed E-state index contributed by atoms with van der Waals surface area (Å²) < 4.78 is 0. The van der Waals surface area contributed by atoms with Gasteiger partial charge in [-0.05, 0) is 36.9 Å². The van der Waals surface area contributed by atoms with Crippen molar-refractivity contribution in [3.63, 3.8) is 0 Å². The van der Waals surface area contributed by atoms with Crippen molar-refractivity contribution in [2.75, 3.05) is 6.54 Å². The summed E-state index contributed by atoms with van der Waals surface area (Å²) in [5.74, 6) is -7.25. The highest BCUT2D eigenvalue weighted by Crippen LogP contribution is 2.09. The zero-order chi connectivity index (χ0) is 35.6. The highest BCUT2D eigenvalue weighted by Gasteiger charge is 2.33. The number of amides is 5. The highest BCUT2D eigenvalue weighted by molar-refractivity contribution is 5.97. The molecular formula is C32H43N7O9. The molecule has 48 heavy (non-hydrogen) atoms. The summed E-state index contributed by atoms with van der Waals surface area (Å²) in [6.07, 6.45) is -0.609. The summed E-state index contributed by atoms with van der Waals surface area (Å²) in [5.41, 5.74) is 17.9. The lowest BCUT2D eigenvalue weighted by Gasteiger charge is -2.26. The van der Waals surface area contributed by atoms with E-state index in [1.54, 1.807) is 60.7 Å². The fraction of sp³-hybridized carbons (Fsp3) is 0.406. The Bertz CT molecular complexity index is 1410. The standard InChI is InChI=1S/C32H43N7O9/c33-14-8-7-13-22(29(44)39-25(32(47)48)16-20-11-5-2-6-12-20)36-31(46)24(18-26(35)40)38-30(45)23(15-19-9-3-1-4-10-19)37-28(43)21(34)17-27(41)42/h1-6,9-12,21-25H,7-8,13-18,33-34H2,(H2,35,40)(H,36,46)(H,37,43)(H,38,45)(H,39,44)(H,41,42)(H,47,48)/t21-,22-,23-,24-,25-/m0/s1. The van der Waals surface area contributed by atoms with E-state index in [2.05, 4.69) is 21.3 Å². The molecule has 16 nitrogen and oxygen atoms in total. The van der Waals surface area contributed by atoms with E-state index in [0.29, 0.717) is 30.5 Å². The maximum absolute atomic E-state index is 13.5. The number of carboxylic acid groups (broad SMARTS) is 2. The molecule has 0 unspecified atom stereocenters. The molecule has 2 aromatic rings. The number of benzene rings is 2. The second-order valence-electron chi connectivity index (χ2n) is 11.1. The highest BCUT2D eigenvalue weighted by atomic mass is 16.4. The van der Waals surface area contributed by atoms with Crippen LogP contribution in [0.3, 0.4) is 0 Å². The third-order valence-corrected chi connectivity index (χ3v) is 7.16. The number of hydrogen-bond acceptors (Lipinski definition) is 9. The number of carbonyl (C=O) groups excluding carboxylic acids is 5. The average molecular weight is 670 g/mol. The number of primary amides is 1. The molecule has 16 heteroatoms. The minimum absolute atomic E-state index is 0.0314. The molecule has 0 aliphatic rings. The second kappa shape index (κ2) is 20.0. The van der Waals surface area contributed by atoms with Gasteiger partial charge < -0.3 is 48.7 Å². The Morgan fingerprint density at radius 2 is 1.06 bits per heavy atom. The Morgan fingerprint density at radius 3 is 1.56 bits per heavy atom. The maximum atomic E-state index is 13.5. The number of nitrogens with one attached hydrogen (secondary N) is 4. The van der Waals surface area contributed by atoms with Gasteiger partial charge in [0.05, 0.1) is 18.9 Å². The monoisotopic (exact) mass is 669 g/mol. The third kappa shape index (κ3) is 14.0. The number of rotatable bonds is 21. The van der Waals surface area contributed by atoms with E-state index >= 15 is 0 Å². The second-order valence-corrected chi connectivity index (χ2v) is 11.1. The number of unbranched alkanes of at least 4 members (excludes halogenated alkanes) is 1. The van der Waals surface area contributed by atoms with Gasteiger partial charge in [-0.25, -0.2) is 4.79 Å². The van der Waals surface area contributed by atoms with Gasteiger partial charge in [-0.1, -0.05) is 60.7 Å². The molecule has 0 radical (unpaired) electrons. The number of nitrogens with two attached hydrogens (primary N) is 3. The molecule has 5 amide bonds. The molecule has 12 N–H and O–H groups in total. The summed E-state index contributed by atoms with van der Waals surface area (Å²) in [5, 5.41) is 28.5. The van der Waals surface area contributed by atoms with Gasteiger partial charge in [-0.3, -0.25) is 28.8 Å². The van der Waals surface area contributed by atoms with Crippen molar-refractivity contribution in [1.82, 2.24) is 21.3 Å². The summed E-state index contributed by atoms with van der Waals surface area (Å²) in [6, 6.07) is 10.00. The summed E-state index contributed by atoms with van der Waals surface area (Å²) in [6.45, 7) is 0.291. The molecular weight excluding hydrogens is 626 g/mol. The van der Waals surface area contributed by atoms with E-state index in [1.807, 2.05) is 0 Å². The summed E-state index contributed by atoms with van der Waals surface area (Å²) in [7, 11) is 0. The molecule has 0 aliphatic carbocycles. The lowest BCUT2D eigenvalue weighted by molar-refractivity contribution is -0.142. The summed E-state index contributed by atoms with van der Waals surface area (Å²) >= 11 is 0. The Morgan fingerprint density at radius 1 is 0.604 bits per heavy atom. The minimum Gasteiger partial charge on any atom is -0.481 e. The van der Waals surface area contributed by atoms with E-state index in [4.69, 9.17) is 22.3 Å². The first kappa shape index (κ1) is 38.8. The minimum atomic E-state index is -1.61. The van der Waals surface area contributed by atoms with Crippen LogP contribution in [0.15, 0.2) is 60.7 Å². The quantitative estimate of drug-likeness (QED) is 0.0675. The molecule has 0 spiro atoms. The molecule has 260 valence electrons. The number of aliphatic carboxylic acids is 2. The van der Waals surface area contributed by atoms with Crippen LogP contribution in [0, 0.1) is 0 Å². The van der Waals surface area contributed by atoms with Gasteiger partial charge in [-0.2, -0.15) is 0 Å². The molecule has 0 aromatic heterocycles. The van der Waals surface area contributed by atoms with Crippen LogP contribution in [0.25, 0.3) is 0 Å². The Hall–Kier alpha value is -5.35. The number of hydrogen-bond donors (Lipinski definition) is 9. The predicted octanol–water partition coefficient (Wildman–Crippen LogP) is -1.70. The molecule has 0 bridgehead atoms. The van der Waals surface area contributed by atoms with Crippen molar-refractivity contribution in [2.24, 2.45) is 17.2 Å². The van der Waals surface area contributed by atoms with E-state index in [-0.39, 0.29) is 19.3 Å². The van der Waals surface area contributed by atoms with Gasteiger partial charge in [0.15, 0.2) is 0 Å². The number of carbonyl (C=O) groups is 7. The Balaban J connectivity index is 2.27. The lowest BCUT2D eigenvalue weighted by atomic mass is 10.0. The van der Waals surface area contributed by atoms with E-state index in [0.717, 1.165) is 0 Å². The topological polar surface area (TPSA) is 286 Å². The fourth-order valence-corrected chi connectivity index (χ4v) is 4.66.